The van der Waals surface area contributed by atoms with E-state index in [2.05, 4.69) is 10.3 Å². The van der Waals surface area contributed by atoms with Crippen molar-refractivity contribution in [3.05, 3.63) is 98.4 Å². The molecular formula is C22H15N3O5. The Hall–Kier alpha value is -4.33. The Morgan fingerprint density at radius 1 is 1.07 bits per heavy atom. The van der Waals surface area contributed by atoms with E-state index in [-0.39, 0.29) is 17.1 Å². The third kappa shape index (κ3) is 3.66. The number of anilines is 1. The highest BCUT2D eigenvalue weighted by Gasteiger charge is 2.16. The van der Waals surface area contributed by atoms with Crippen molar-refractivity contribution in [2.24, 2.45) is 0 Å². The van der Waals surface area contributed by atoms with E-state index in [1.54, 1.807) is 55.5 Å². The van der Waals surface area contributed by atoms with Gasteiger partial charge >= 0.3 is 5.63 Å². The van der Waals surface area contributed by atoms with Crippen molar-refractivity contribution in [1.82, 2.24) is 4.98 Å². The summed E-state index contributed by atoms with van der Waals surface area (Å²) in [6.07, 6.45) is 0. The van der Waals surface area contributed by atoms with Gasteiger partial charge in [0.05, 0.1) is 15.8 Å². The van der Waals surface area contributed by atoms with Crippen LogP contribution >= 0.6 is 0 Å². The number of nitrogens with zero attached hydrogens (tertiary/aromatic N) is 2. The van der Waals surface area contributed by atoms with E-state index in [1.165, 1.54) is 18.2 Å². The van der Waals surface area contributed by atoms with E-state index in [0.717, 1.165) is 0 Å². The molecule has 0 unspecified atom stereocenters. The maximum Gasteiger partial charge on any atom is 0.347 e. The molecule has 3 aromatic carbocycles. The van der Waals surface area contributed by atoms with E-state index in [4.69, 9.17) is 4.42 Å². The third-order valence-corrected chi connectivity index (χ3v) is 4.57. The summed E-state index contributed by atoms with van der Waals surface area (Å²) in [4.78, 5) is 39.7. The highest BCUT2D eigenvalue weighted by molar-refractivity contribution is 6.05. The lowest BCUT2D eigenvalue weighted by Crippen LogP contribution is -2.12. The Morgan fingerprint density at radius 3 is 2.67 bits per heavy atom. The van der Waals surface area contributed by atoms with Crippen LogP contribution < -0.4 is 10.9 Å². The number of aromatic nitrogens is 1. The fourth-order valence-corrected chi connectivity index (χ4v) is 3.02. The highest BCUT2D eigenvalue weighted by Crippen LogP contribution is 2.23. The fraction of sp³-hybridized carbons (Fsp3) is 0.0455. The fourth-order valence-electron chi connectivity index (χ4n) is 3.02. The number of fused-ring (bicyclic) bond motifs is 1. The number of benzene rings is 3. The van der Waals surface area contributed by atoms with Crippen LogP contribution in [0.2, 0.25) is 0 Å². The number of carbonyl (C=O) groups excluding carboxylic acids is 1. The molecule has 0 aliphatic heterocycles. The maximum absolute atomic E-state index is 12.6. The Bertz CT molecular complexity index is 1360. The van der Waals surface area contributed by atoms with Crippen molar-refractivity contribution in [3.63, 3.8) is 0 Å². The molecule has 0 aliphatic carbocycles. The number of para-hydroxylation sites is 1. The summed E-state index contributed by atoms with van der Waals surface area (Å²) in [7, 11) is 0. The summed E-state index contributed by atoms with van der Waals surface area (Å²) in [5.74, 6) is -0.371. The molecule has 0 bridgehead atoms. The second kappa shape index (κ2) is 7.59. The first kappa shape index (κ1) is 19.0. The largest absolute Gasteiger partial charge is 0.403 e. The van der Waals surface area contributed by atoms with Crippen LogP contribution in [-0.2, 0) is 0 Å². The Labute approximate surface area is 170 Å². The predicted molar refractivity (Wildman–Crippen MR) is 112 cm³/mol. The van der Waals surface area contributed by atoms with Gasteiger partial charge in [-0.3, -0.25) is 14.9 Å². The molecule has 0 fully saturated rings. The topological polar surface area (TPSA) is 115 Å². The van der Waals surface area contributed by atoms with Crippen molar-refractivity contribution in [1.29, 1.82) is 0 Å². The van der Waals surface area contributed by atoms with Crippen LogP contribution in [0.15, 0.2) is 75.9 Å². The van der Waals surface area contributed by atoms with Gasteiger partial charge < -0.3 is 9.73 Å². The first-order valence-electron chi connectivity index (χ1n) is 8.99. The molecule has 1 aromatic heterocycles. The average Bonchev–Trinajstić information content (AvgIpc) is 2.74. The van der Waals surface area contributed by atoms with Crippen LogP contribution in [0.4, 0.5) is 11.4 Å². The lowest BCUT2D eigenvalue weighted by molar-refractivity contribution is -0.385. The molecule has 4 aromatic rings. The van der Waals surface area contributed by atoms with Crippen molar-refractivity contribution >= 4 is 28.2 Å². The van der Waals surface area contributed by atoms with Crippen LogP contribution in [0, 0.1) is 17.0 Å². The zero-order chi connectivity index (χ0) is 21.3. The minimum atomic E-state index is -0.528. The second-order valence-corrected chi connectivity index (χ2v) is 6.62. The quantitative estimate of drug-likeness (QED) is 0.402. The Kier molecular flexibility index (Phi) is 4.81. The van der Waals surface area contributed by atoms with Gasteiger partial charge in [0.2, 0.25) is 5.89 Å². The molecule has 1 N–H and O–H groups in total. The standard InChI is InChI=1S/C22H15N3O5/c1-13-9-10-14(12-19(13)25(28)29)20(26)23-16-6-4-5-15(11-16)21-24-18-8-3-2-7-17(18)22(27)30-21/h2-12H,1H3,(H,23,26). The summed E-state index contributed by atoms with van der Waals surface area (Å²) in [5, 5.41) is 14.2. The van der Waals surface area contributed by atoms with E-state index in [9.17, 15) is 19.7 Å². The SMILES string of the molecule is Cc1ccc(C(=O)Nc2cccc(-c3nc4ccccc4c(=O)o3)c2)cc1[N+](=O)[O-]. The molecule has 1 amide bonds. The van der Waals surface area contributed by atoms with Gasteiger partial charge in [-0.1, -0.05) is 24.3 Å². The summed E-state index contributed by atoms with van der Waals surface area (Å²) < 4.78 is 5.32. The minimum Gasteiger partial charge on any atom is -0.403 e. The Morgan fingerprint density at radius 2 is 1.87 bits per heavy atom. The maximum atomic E-state index is 12.6. The number of hydrogen-bond donors (Lipinski definition) is 1. The molecule has 1 heterocycles. The molecule has 0 spiro atoms. The summed E-state index contributed by atoms with van der Waals surface area (Å²) in [6, 6.07) is 17.8. The van der Waals surface area contributed by atoms with E-state index >= 15 is 0 Å². The van der Waals surface area contributed by atoms with Crippen molar-refractivity contribution in [2.75, 3.05) is 5.32 Å². The number of hydrogen-bond acceptors (Lipinski definition) is 6. The molecule has 8 heteroatoms. The van der Waals surface area contributed by atoms with Gasteiger partial charge in [-0.05, 0) is 43.3 Å². The first-order valence-corrected chi connectivity index (χ1v) is 8.99. The molecule has 0 radical (unpaired) electrons. The number of aryl methyl sites for hydroxylation is 1. The smallest absolute Gasteiger partial charge is 0.347 e. The van der Waals surface area contributed by atoms with Gasteiger partial charge in [0.1, 0.15) is 0 Å². The first-order chi connectivity index (χ1) is 14.4. The third-order valence-electron chi connectivity index (χ3n) is 4.57. The van der Waals surface area contributed by atoms with Crippen LogP contribution in [0.1, 0.15) is 15.9 Å². The summed E-state index contributed by atoms with van der Waals surface area (Å²) in [6.45, 7) is 1.60. The monoisotopic (exact) mass is 401 g/mol. The molecule has 0 atom stereocenters. The van der Waals surface area contributed by atoms with Gasteiger partial charge in [-0.25, -0.2) is 9.78 Å². The molecule has 8 nitrogen and oxygen atoms in total. The predicted octanol–water partition coefficient (Wildman–Crippen LogP) is 4.32. The van der Waals surface area contributed by atoms with Gasteiger partial charge in [0.25, 0.3) is 11.6 Å². The van der Waals surface area contributed by atoms with Crippen LogP contribution in [0.3, 0.4) is 0 Å². The normalized spacial score (nSPS) is 10.7. The summed E-state index contributed by atoms with van der Waals surface area (Å²) >= 11 is 0. The van der Waals surface area contributed by atoms with E-state index < -0.39 is 16.5 Å². The van der Waals surface area contributed by atoms with Crippen molar-refractivity contribution in [2.45, 2.75) is 6.92 Å². The van der Waals surface area contributed by atoms with E-state index in [0.29, 0.717) is 27.7 Å². The number of rotatable bonds is 4. The number of nitro benzene ring substituents is 1. The van der Waals surface area contributed by atoms with Gasteiger partial charge in [-0.15, -0.1) is 0 Å². The van der Waals surface area contributed by atoms with Crippen LogP contribution in [0.25, 0.3) is 22.4 Å². The van der Waals surface area contributed by atoms with Gasteiger partial charge in [-0.2, -0.15) is 0 Å². The molecule has 148 valence electrons. The minimum absolute atomic E-state index is 0.126. The molecule has 0 saturated heterocycles. The van der Waals surface area contributed by atoms with Gasteiger partial charge in [0.15, 0.2) is 0 Å². The van der Waals surface area contributed by atoms with Crippen molar-refractivity contribution in [3.8, 4) is 11.5 Å². The second-order valence-electron chi connectivity index (χ2n) is 6.62. The lowest BCUT2D eigenvalue weighted by atomic mass is 10.1. The summed E-state index contributed by atoms with van der Waals surface area (Å²) in [5.41, 5.74) is 1.44. The Balaban J connectivity index is 1.65. The van der Waals surface area contributed by atoms with Crippen molar-refractivity contribution < 1.29 is 14.1 Å². The van der Waals surface area contributed by atoms with E-state index in [1.807, 2.05) is 0 Å². The van der Waals surface area contributed by atoms with Crippen LogP contribution in [-0.4, -0.2) is 15.8 Å². The zero-order valence-electron chi connectivity index (χ0n) is 15.8. The highest BCUT2D eigenvalue weighted by atomic mass is 16.6. The zero-order valence-corrected chi connectivity index (χ0v) is 15.8. The average molecular weight is 401 g/mol. The van der Waals surface area contributed by atoms with Crippen LogP contribution in [0.5, 0.6) is 0 Å². The number of carbonyl (C=O) groups is 1. The number of amides is 1. The van der Waals surface area contributed by atoms with Gasteiger partial charge in [0, 0.05) is 28.4 Å². The molecule has 0 saturated carbocycles. The lowest BCUT2D eigenvalue weighted by Gasteiger charge is -2.08. The molecule has 0 aliphatic rings. The number of nitrogens with one attached hydrogen (secondary N) is 1. The molecular weight excluding hydrogens is 386 g/mol. The molecule has 30 heavy (non-hydrogen) atoms. The molecule has 4 rings (SSSR count). The number of nitro groups is 1.